The molecule has 0 fully saturated rings. The zero-order valence-corrected chi connectivity index (χ0v) is 17.9. The van der Waals surface area contributed by atoms with E-state index in [0.717, 1.165) is 5.39 Å². The number of alkyl halides is 1. The molecule has 0 unspecified atom stereocenters. The van der Waals surface area contributed by atoms with E-state index in [1.807, 2.05) is 12.1 Å². The first-order valence-corrected chi connectivity index (χ1v) is 10.1. The molecular formula is C22H20BrNO5. The molecule has 0 amide bonds. The number of carbonyl (C=O) groups is 2. The molecule has 1 aromatic heterocycles. The van der Waals surface area contributed by atoms with Gasteiger partial charge in [0.2, 0.25) is 0 Å². The summed E-state index contributed by atoms with van der Waals surface area (Å²) < 4.78 is 16.2. The Kier molecular flexibility index (Phi) is 6.17. The second-order valence-electron chi connectivity index (χ2n) is 7.21. The molecule has 0 aliphatic rings. The van der Waals surface area contributed by atoms with E-state index in [-0.39, 0.29) is 11.3 Å². The maximum Gasteiger partial charge on any atom is 0.514 e. The average molecular weight is 458 g/mol. The number of rotatable bonds is 4. The summed E-state index contributed by atoms with van der Waals surface area (Å²) in [5, 5.41) is 1.03. The molecule has 0 spiro atoms. The molecule has 0 saturated heterocycles. The molecule has 0 atom stereocenters. The van der Waals surface area contributed by atoms with E-state index < -0.39 is 17.7 Å². The van der Waals surface area contributed by atoms with Gasteiger partial charge in [0.05, 0.1) is 5.52 Å². The van der Waals surface area contributed by atoms with E-state index >= 15 is 0 Å². The number of ether oxygens (including phenoxy) is 3. The molecule has 150 valence electrons. The van der Waals surface area contributed by atoms with Crippen LogP contribution < -0.4 is 9.47 Å². The molecule has 2 aromatic carbocycles. The van der Waals surface area contributed by atoms with Gasteiger partial charge >= 0.3 is 12.1 Å². The topological polar surface area (TPSA) is 74.7 Å². The number of esters is 1. The molecule has 0 N–H and O–H groups in total. The Balaban J connectivity index is 2.08. The van der Waals surface area contributed by atoms with Crippen LogP contribution in [0, 0.1) is 0 Å². The lowest BCUT2D eigenvalue weighted by Gasteiger charge is -2.20. The van der Waals surface area contributed by atoms with Crippen molar-refractivity contribution < 1.29 is 23.8 Å². The Morgan fingerprint density at radius 3 is 2.41 bits per heavy atom. The van der Waals surface area contributed by atoms with Crippen molar-refractivity contribution in [2.24, 2.45) is 0 Å². The molecule has 6 nitrogen and oxygen atoms in total. The molecule has 0 aliphatic carbocycles. The fraction of sp³-hybridized carbons (Fsp3) is 0.227. The predicted octanol–water partition coefficient (Wildman–Crippen LogP) is 5.66. The number of carbonyl (C=O) groups excluding carboxylic acids is 2. The number of aromatic nitrogens is 1. The Morgan fingerprint density at radius 1 is 1.03 bits per heavy atom. The van der Waals surface area contributed by atoms with Crippen molar-refractivity contribution in [2.75, 3.05) is 0 Å². The van der Waals surface area contributed by atoms with Crippen LogP contribution in [-0.2, 0) is 10.1 Å². The zero-order chi connectivity index (χ0) is 21.0. The summed E-state index contributed by atoms with van der Waals surface area (Å²) in [6, 6.07) is 13.8. The van der Waals surface area contributed by atoms with Gasteiger partial charge in [0, 0.05) is 22.5 Å². The lowest BCUT2D eigenvalue weighted by molar-refractivity contribution is 0.0204. The lowest BCUT2D eigenvalue weighted by Crippen LogP contribution is -2.26. The van der Waals surface area contributed by atoms with Crippen molar-refractivity contribution in [2.45, 2.75) is 31.7 Å². The lowest BCUT2D eigenvalue weighted by atomic mass is 10.0. The molecule has 3 rings (SSSR count). The van der Waals surface area contributed by atoms with Gasteiger partial charge in [-0.2, -0.15) is 0 Å². The van der Waals surface area contributed by atoms with Gasteiger partial charge in [0.15, 0.2) is 0 Å². The molecule has 3 aromatic rings. The number of nitrogens with zero attached hydrogens (tertiary/aromatic N) is 1. The van der Waals surface area contributed by atoms with Gasteiger partial charge in [-0.3, -0.25) is 4.98 Å². The van der Waals surface area contributed by atoms with Crippen LogP contribution in [0.2, 0.25) is 0 Å². The van der Waals surface area contributed by atoms with Crippen molar-refractivity contribution in [1.82, 2.24) is 4.98 Å². The average Bonchev–Trinajstić information content (AvgIpc) is 2.66. The van der Waals surface area contributed by atoms with E-state index in [1.54, 1.807) is 63.4 Å². The highest BCUT2D eigenvalue weighted by Crippen LogP contribution is 2.33. The fourth-order valence-corrected chi connectivity index (χ4v) is 3.25. The summed E-state index contributed by atoms with van der Waals surface area (Å²) in [5.41, 5.74) is 0.546. The van der Waals surface area contributed by atoms with Gasteiger partial charge in [-0.1, -0.05) is 40.2 Å². The Hall–Kier alpha value is -2.93. The van der Waals surface area contributed by atoms with Gasteiger partial charge < -0.3 is 14.2 Å². The Morgan fingerprint density at radius 2 is 1.76 bits per heavy atom. The fourth-order valence-electron chi connectivity index (χ4n) is 2.71. The maximum atomic E-state index is 13.0. The summed E-state index contributed by atoms with van der Waals surface area (Å²) in [4.78, 5) is 29.7. The number of hydrogen-bond acceptors (Lipinski definition) is 6. The van der Waals surface area contributed by atoms with Gasteiger partial charge in [-0.15, -0.1) is 0 Å². The summed E-state index contributed by atoms with van der Waals surface area (Å²) in [5.74, 6) is -0.228. The molecule has 1 heterocycles. The predicted molar refractivity (Wildman–Crippen MR) is 113 cm³/mol. The SMILES string of the molecule is CC(C)(C)OC(=O)Oc1cc2cccnc2c(CBr)c1C(=O)Oc1ccccc1. The first-order valence-electron chi connectivity index (χ1n) is 8.93. The summed E-state index contributed by atoms with van der Waals surface area (Å²) >= 11 is 3.41. The third kappa shape index (κ3) is 5.12. The number of halogens is 1. The summed E-state index contributed by atoms with van der Waals surface area (Å²) in [6.07, 6.45) is 0.727. The standard InChI is InChI=1S/C22H20BrNO5/c1-22(2,3)29-21(26)28-17-12-14-8-7-11-24-19(14)16(13-23)18(17)20(25)27-15-9-5-4-6-10-15/h4-12H,13H2,1-3H3. The quantitative estimate of drug-likeness (QED) is 0.217. The normalized spacial score (nSPS) is 11.2. The Labute approximate surface area is 176 Å². The van der Waals surface area contributed by atoms with Crippen LogP contribution in [0.1, 0.15) is 36.7 Å². The minimum Gasteiger partial charge on any atom is -0.428 e. The van der Waals surface area contributed by atoms with Crippen molar-refractivity contribution in [1.29, 1.82) is 0 Å². The van der Waals surface area contributed by atoms with Crippen LogP contribution in [0.4, 0.5) is 4.79 Å². The summed E-state index contributed by atoms with van der Waals surface area (Å²) in [7, 11) is 0. The third-order valence-corrected chi connectivity index (χ3v) is 4.39. The van der Waals surface area contributed by atoms with Crippen molar-refractivity contribution in [3.63, 3.8) is 0 Å². The minimum absolute atomic E-state index is 0.0510. The number of fused-ring (bicyclic) bond motifs is 1. The Bertz CT molecular complexity index is 1040. The van der Waals surface area contributed by atoms with E-state index in [0.29, 0.717) is 22.2 Å². The van der Waals surface area contributed by atoms with Crippen LogP contribution >= 0.6 is 15.9 Å². The molecular weight excluding hydrogens is 438 g/mol. The van der Waals surface area contributed by atoms with Crippen LogP contribution in [-0.4, -0.2) is 22.7 Å². The third-order valence-electron chi connectivity index (χ3n) is 3.83. The van der Waals surface area contributed by atoms with Gasteiger partial charge in [0.25, 0.3) is 0 Å². The second-order valence-corrected chi connectivity index (χ2v) is 7.77. The van der Waals surface area contributed by atoms with Gasteiger partial charge in [-0.05, 0) is 45.0 Å². The number of benzene rings is 2. The van der Waals surface area contributed by atoms with Crippen molar-refractivity contribution in [3.05, 3.63) is 65.9 Å². The molecule has 7 heteroatoms. The largest absolute Gasteiger partial charge is 0.514 e. The highest BCUT2D eigenvalue weighted by molar-refractivity contribution is 9.08. The highest BCUT2D eigenvalue weighted by Gasteiger charge is 2.26. The van der Waals surface area contributed by atoms with Crippen LogP contribution in [0.25, 0.3) is 10.9 Å². The van der Waals surface area contributed by atoms with E-state index in [9.17, 15) is 9.59 Å². The molecule has 29 heavy (non-hydrogen) atoms. The van der Waals surface area contributed by atoms with Crippen LogP contribution in [0.15, 0.2) is 54.7 Å². The number of pyridine rings is 1. The molecule has 0 saturated carbocycles. The number of hydrogen-bond donors (Lipinski definition) is 0. The van der Waals surface area contributed by atoms with Gasteiger partial charge in [0.1, 0.15) is 22.7 Å². The van der Waals surface area contributed by atoms with E-state index in [1.165, 1.54) is 0 Å². The van der Waals surface area contributed by atoms with Gasteiger partial charge in [-0.25, -0.2) is 9.59 Å². The maximum absolute atomic E-state index is 13.0. The smallest absolute Gasteiger partial charge is 0.428 e. The van der Waals surface area contributed by atoms with Crippen molar-refractivity contribution in [3.8, 4) is 11.5 Å². The second kappa shape index (κ2) is 8.61. The van der Waals surface area contributed by atoms with E-state index in [4.69, 9.17) is 14.2 Å². The molecule has 0 aliphatic heterocycles. The van der Waals surface area contributed by atoms with Crippen molar-refractivity contribution >= 4 is 39.0 Å². The summed E-state index contributed by atoms with van der Waals surface area (Å²) in [6.45, 7) is 5.19. The van der Waals surface area contributed by atoms with Crippen LogP contribution in [0.5, 0.6) is 11.5 Å². The first-order chi connectivity index (χ1) is 13.8. The number of para-hydroxylation sites is 1. The monoisotopic (exact) mass is 457 g/mol. The van der Waals surface area contributed by atoms with Crippen LogP contribution in [0.3, 0.4) is 0 Å². The van der Waals surface area contributed by atoms with E-state index in [2.05, 4.69) is 20.9 Å². The molecule has 0 radical (unpaired) electrons. The minimum atomic E-state index is -0.907. The zero-order valence-electron chi connectivity index (χ0n) is 16.3. The molecule has 0 bridgehead atoms. The highest BCUT2D eigenvalue weighted by atomic mass is 79.9. The first kappa shape index (κ1) is 20.8.